The highest BCUT2D eigenvalue weighted by Gasteiger charge is 2.50. The van der Waals surface area contributed by atoms with Crippen LogP contribution in [0.4, 0.5) is 4.39 Å². The van der Waals surface area contributed by atoms with Crippen molar-refractivity contribution in [1.29, 1.82) is 0 Å². The van der Waals surface area contributed by atoms with Crippen molar-refractivity contribution in [3.8, 4) is 5.69 Å². The molecule has 2 atom stereocenters. The summed E-state index contributed by atoms with van der Waals surface area (Å²) in [6, 6.07) is 10.9. The molecule has 0 radical (unpaired) electrons. The van der Waals surface area contributed by atoms with Crippen LogP contribution in [0.15, 0.2) is 65.8 Å². The molecule has 2 unspecified atom stereocenters. The van der Waals surface area contributed by atoms with E-state index in [4.69, 9.17) is 9.57 Å². The van der Waals surface area contributed by atoms with Crippen LogP contribution in [0.1, 0.15) is 36.2 Å². The third-order valence-corrected chi connectivity index (χ3v) is 8.42. The van der Waals surface area contributed by atoms with Crippen molar-refractivity contribution >= 4 is 33.5 Å². The molecule has 37 heavy (non-hydrogen) atoms. The average Bonchev–Trinajstić information content (AvgIpc) is 3.53. The fourth-order valence-electron chi connectivity index (χ4n) is 5.79. The molecule has 4 aromatic rings. The van der Waals surface area contributed by atoms with Crippen LogP contribution in [-0.2, 0) is 9.57 Å². The van der Waals surface area contributed by atoms with Gasteiger partial charge in [-0.15, -0.1) is 0 Å². The van der Waals surface area contributed by atoms with E-state index in [-0.39, 0.29) is 23.4 Å². The molecule has 7 nitrogen and oxygen atoms in total. The van der Waals surface area contributed by atoms with Crippen molar-refractivity contribution in [2.45, 2.75) is 32.4 Å². The zero-order valence-corrected chi connectivity index (χ0v) is 21.4. The first-order chi connectivity index (χ1) is 18.0. The number of hydrogen-bond acceptors (Lipinski definition) is 7. The number of piperidine rings is 1. The molecule has 5 heterocycles. The van der Waals surface area contributed by atoms with E-state index in [0.717, 1.165) is 57.0 Å². The maximum absolute atomic E-state index is 13.7. The van der Waals surface area contributed by atoms with Crippen LogP contribution < -0.4 is 0 Å². The second kappa shape index (κ2) is 8.49. The Kier molecular flexibility index (Phi) is 5.19. The van der Waals surface area contributed by atoms with E-state index in [1.54, 1.807) is 0 Å². The van der Waals surface area contributed by atoms with Crippen LogP contribution in [0, 0.1) is 18.2 Å². The number of fused-ring (bicyclic) bond motifs is 2. The number of ether oxygens (including phenoxy) is 1. The molecular formula is C28H26FN5O2S. The van der Waals surface area contributed by atoms with E-state index in [2.05, 4.69) is 37.6 Å². The van der Waals surface area contributed by atoms with Crippen molar-refractivity contribution in [3.05, 3.63) is 83.3 Å². The fourth-order valence-corrected chi connectivity index (χ4v) is 6.59. The summed E-state index contributed by atoms with van der Waals surface area (Å²) in [5.74, 6) is 0.600. The van der Waals surface area contributed by atoms with Crippen molar-refractivity contribution in [2.75, 3.05) is 19.8 Å². The highest BCUT2D eigenvalue weighted by atomic mass is 32.1. The molecular weight excluding hydrogens is 489 g/mol. The van der Waals surface area contributed by atoms with E-state index in [1.807, 2.05) is 49.3 Å². The molecule has 2 aromatic heterocycles. The maximum Gasteiger partial charge on any atom is 0.172 e. The Labute approximate surface area is 218 Å². The summed E-state index contributed by atoms with van der Waals surface area (Å²) in [7, 11) is 0. The molecule has 0 aliphatic carbocycles. The van der Waals surface area contributed by atoms with Gasteiger partial charge in [0.15, 0.2) is 5.84 Å². The van der Waals surface area contributed by atoms with Crippen molar-refractivity contribution in [1.82, 2.24) is 18.8 Å². The number of hydrogen-bond donors (Lipinski definition) is 0. The van der Waals surface area contributed by atoms with Crippen LogP contribution in [0.2, 0.25) is 0 Å². The van der Waals surface area contributed by atoms with Gasteiger partial charge in [-0.05, 0) is 72.8 Å². The van der Waals surface area contributed by atoms with Crippen LogP contribution in [0.25, 0.3) is 21.8 Å². The summed E-state index contributed by atoms with van der Waals surface area (Å²) in [5.41, 5.74) is 5.30. The topological polar surface area (TPSA) is 64.8 Å². The first-order valence-corrected chi connectivity index (χ1v) is 13.2. The molecule has 0 amide bonds. The monoisotopic (exact) mass is 515 g/mol. The maximum atomic E-state index is 13.7. The van der Waals surface area contributed by atoms with Gasteiger partial charge in [-0.3, -0.25) is 0 Å². The summed E-state index contributed by atoms with van der Waals surface area (Å²) < 4.78 is 27.1. The van der Waals surface area contributed by atoms with E-state index in [1.165, 1.54) is 23.7 Å². The molecule has 2 fully saturated rings. The number of rotatable bonds is 3. The largest absolute Gasteiger partial charge is 0.389 e. The lowest BCUT2D eigenvalue weighted by Gasteiger charge is -2.53. The van der Waals surface area contributed by atoms with Crippen LogP contribution in [0.5, 0.6) is 0 Å². The molecule has 3 aliphatic heterocycles. The van der Waals surface area contributed by atoms with Gasteiger partial charge in [-0.2, -0.15) is 4.37 Å². The van der Waals surface area contributed by atoms with E-state index in [9.17, 15) is 4.39 Å². The van der Waals surface area contributed by atoms with Crippen LogP contribution in [0.3, 0.4) is 0 Å². The number of nitrogens with zero attached hydrogens (tertiary/aromatic N) is 5. The Bertz CT molecular complexity index is 1550. The van der Waals surface area contributed by atoms with Gasteiger partial charge in [0, 0.05) is 29.7 Å². The van der Waals surface area contributed by atoms with E-state index in [0.29, 0.717) is 13.2 Å². The number of oxime groups is 1. The third-order valence-electron chi connectivity index (χ3n) is 7.60. The van der Waals surface area contributed by atoms with Crippen LogP contribution in [-0.4, -0.2) is 50.5 Å². The quantitative estimate of drug-likeness (QED) is 0.360. The molecule has 9 heteroatoms. The third kappa shape index (κ3) is 3.76. The first kappa shape index (κ1) is 22.6. The van der Waals surface area contributed by atoms with Crippen molar-refractivity contribution in [2.24, 2.45) is 10.6 Å². The molecule has 1 spiro atoms. The molecule has 0 saturated carbocycles. The van der Waals surface area contributed by atoms with Gasteiger partial charge in [0.05, 0.1) is 41.7 Å². The van der Waals surface area contributed by atoms with Gasteiger partial charge < -0.3 is 19.0 Å². The predicted octanol–water partition coefficient (Wildman–Crippen LogP) is 5.51. The highest BCUT2D eigenvalue weighted by molar-refractivity contribution is 7.13. The summed E-state index contributed by atoms with van der Waals surface area (Å²) in [4.78, 5) is 12.7. The highest BCUT2D eigenvalue weighted by Crippen LogP contribution is 2.46. The van der Waals surface area contributed by atoms with Crippen molar-refractivity contribution in [3.63, 3.8) is 0 Å². The number of aromatic nitrogens is 3. The number of imidazole rings is 1. The number of aryl methyl sites for hydroxylation is 1. The molecule has 188 valence electrons. The Morgan fingerprint density at radius 3 is 2.73 bits per heavy atom. The first-order valence-electron chi connectivity index (χ1n) is 12.4. The lowest BCUT2D eigenvalue weighted by molar-refractivity contribution is -0.136. The van der Waals surface area contributed by atoms with E-state index < -0.39 is 0 Å². The predicted molar refractivity (Wildman–Crippen MR) is 141 cm³/mol. The Balaban J connectivity index is 1.32. The molecule has 0 N–H and O–H groups in total. The lowest BCUT2D eigenvalue weighted by atomic mass is 9.74. The van der Waals surface area contributed by atoms with Gasteiger partial charge in [0.1, 0.15) is 11.9 Å². The number of amidine groups is 1. The van der Waals surface area contributed by atoms with Gasteiger partial charge in [0.2, 0.25) is 0 Å². The zero-order chi connectivity index (χ0) is 25.1. The average molecular weight is 516 g/mol. The summed E-state index contributed by atoms with van der Waals surface area (Å²) in [6.45, 7) is 6.27. The molecule has 2 saturated heterocycles. The second-order valence-corrected chi connectivity index (χ2v) is 11.2. The lowest BCUT2D eigenvalue weighted by Crippen LogP contribution is -2.59. The van der Waals surface area contributed by atoms with Gasteiger partial charge in [0.25, 0.3) is 0 Å². The standard InChI is InChI=1S/C28H26FN5O2S/c1-17-12-33(16-30-17)24-8-5-20(23-11-31-37-26(23)24)9-21-10-28(14-35-15-28)13-34-25(18(2)36-32-27(21)34)19-3-6-22(29)7-4-19/h3-9,11-12,16,18,25H,10,13-15H2,1-2H3. The minimum Gasteiger partial charge on any atom is -0.389 e. The SMILES string of the molecule is Cc1cn(-c2ccc(C=C3CC4(COC4)CN4C3=NOC(C)C4c3ccc(F)cc3)c3cnsc23)cn1. The minimum atomic E-state index is -0.243. The zero-order valence-electron chi connectivity index (χ0n) is 20.6. The molecule has 0 bridgehead atoms. The van der Waals surface area contributed by atoms with Gasteiger partial charge in [-0.1, -0.05) is 23.4 Å². The van der Waals surface area contributed by atoms with Gasteiger partial charge in [-0.25, -0.2) is 9.37 Å². The number of halogens is 1. The Hall–Kier alpha value is -3.56. The summed E-state index contributed by atoms with van der Waals surface area (Å²) in [5, 5.41) is 5.69. The Morgan fingerprint density at radius 1 is 1.16 bits per heavy atom. The number of benzene rings is 2. The summed E-state index contributed by atoms with van der Waals surface area (Å²) in [6.07, 6.45) is 8.72. The summed E-state index contributed by atoms with van der Waals surface area (Å²) >= 11 is 1.49. The molecule has 2 aromatic carbocycles. The van der Waals surface area contributed by atoms with Crippen LogP contribution >= 0.6 is 11.5 Å². The second-order valence-electron chi connectivity index (χ2n) is 10.4. The van der Waals surface area contributed by atoms with E-state index >= 15 is 0 Å². The minimum absolute atomic E-state index is 0.0283. The normalized spacial score (nSPS) is 23.6. The van der Waals surface area contributed by atoms with Gasteiger partial charge >= 0.3 is 0 Å². The fraction of sp³-hybridized carbons (Fsp3) is 0.321. The Morgan fingerprint density at radius 2 is 2.00 bits per heavy atom. The van der Waals surface area contributed by atoms with Crippen molar-refractivity contribution < 1.29 is 14.0 Å². The molecule has 7 rings (SSSR count). The smallest absolute Gasteiger partial charge is 0.172 e. The molecule has 3 aliphatic rings.